The van der Waals surface area contributed by atoms with Gasteiger partial charge in [-0.15, -0.1) is 0 Å². The van der Waals surface area contributed by atoms with Gasteiger partial charge in [0, 0.05) is 6.61 Å². The van der Waals surface area contributed by atoms with Crippen LogP contribution in [0.15, 0.2) is 0 Å². The van der Waals surface area contributed by atoms with E-state index in [9.17, 15) is 0 Å². The van der Waals surface area contributed by atoms with Gasteiger partial charge in [-0.1, -0.05) is 22.6 Å². The van der Waals surface area contributed by atoms with Gasteiger partial charge in [0.2, 0.25) is 0 Å². The van der Waals surface area contributed by atoms with Crippen molar-refractivity contribution in [2.75, 3.05) is 19.8 Å². The minimum Gasteiger partial charge on any atom is -0.378 e. The molecule has 0 N–H and O–H groups in total. The number of hydrogen-bond acceptors (Lipinski definition) is 2. The maximum atomic E-state index is 5.38. The predicted molar refractivity (Wildman–Crippen MR) is 44.0 cm³/mol. The van der Waals surface area contributed by atoms with Gasteiger partial charge in [-0.3, -0.25) is 0 Å². The molecule has 0 saturated carbocycles. The molecule has 9 heavy (non-hydrogen) atoms. The van der Waals surface area contributed by atoms with E-state index in [2.05, 4.69) is 22.6 Å². The molecule has 0 aliphatic carbocycles. The molecule has 1 rings (SSSR count). The standard InChI is InChI=1S/C6H11IO2/c1-2-9-6-4-8-3-5(6)7/h5-6H,2-4H2,1H3. The topological polar surface area (TPSA) is 18.5 Å². The van der Waals surface area contributed by atoms with Gasteiger partial charge in [0.15, 0.2) is 0 Å². The second kappa shape index (κ2) is 3.73. The van der Waals surface area contributed by atoms with Crippen molar-refractivity contribution in [2.45, 2.75) is 17.0 Å². The number of halogens is 1. The van der Waals surface area contributed by atoms with Gasteiger partial charge in [0.1, 0.15) is 0 Å². The Morgan fingerprint density at radius 3 is 2.89 bits per heavy atom. The molecule has 54 valence electrons. The summed E-state index contributed by atoms with van der Waals surface area (Å²) in [7, 11) is 0. The lowest BCUT2D eigenvalue weighted by molar-refractivity contribution is 0.0536. The van der Waals surface area contributed by atoms with E-state index in [0.29, 0.717) is 10.0 Å². The third-order valence-corrected chi connectivity index (χ3v) is 2.51. The fraction of sp³-hybridized carbons (Fsp3) is 1.00. The van der Waals surface area contributed by atoms with Crippen molar-refractivity contribution in [3.8, 4) is 0 Å². The van der Waals surface area contributed by atoms with Crippen LogP contribution in [0.25, 0.3) is 0 Å². The minimum atomic E-state index is 0.343. The summed E-state index contributed by atoms with van der Waals surface area (Å²) < 4.78 is 11.1. The van der Waals surface area contributed by atoms with Crippen molar-refractivity contribution in [1.82, 2.24) is 0 Å². The molecule has 1 heterocycles. The van der Waals surface area contributed by atoms with Crippen molar-refractivity contribution in [3.05, 3.63) is 0 Å². The second-order valence-corrected chi connectivity index (χ2v) is 3.65. The van der Waals surface area contributed by atoms with Crippen LogP contribution >= 0.6 is 22.6 Å². The lowest BCUT2D eigenvalue weighted by atomic mass is 10.3. The second-order valence-electron chi connectivity index (χ2n) is 2.05. The molecule has 2 unspecified atom stereocenters. The van der Waals surface area contributed by atoms with Gasteiger partial charge in [-0.2, -0.15) is 0 Å². The molecule has 0 aromatic carbocycles. The Morgan fingerprint density at radius 2 is 2.44 bits per heavy atom. The van der Waals surface area contributed by atoms with Gasteiger partial charge in [-0.25, -0.2) is 0 Å². The van der Waals surface area contributed by atoms with Gasteiger partial charge >= 0.3 is 0 Å². The zero-order valence-electron chi connectivity index (χ0n) is 5.47. The Bertz CT molecular complexity index is 87.1. The Kier molecular flexibility index (Phi) is 3.21. The van der Waals surface area contributed by atoms with Gasteiger partial charge < -0.3 is 9.47 Å². The third-order valence-electron chi connectivity index (χ3n) is 1.34. The molecular weight excluding hydrogens is 231 g/mol. The average molecular weight is 242 g/mol. The molecular formula is C6H11IO2. The van der Waals surface area contributed by atoms with Crippen LogP contribution in [0.1, 0.15) is 6.92 Å². The predicted octanol–water partition coefficient (Wildman–Crippen LogP) is 1.23. The number of rotatable bonds is 2. The van der Waals surface area contributed by atoms with Crippen LogP contribution in [-0.4, -0.2) is 29.8 Å². The summed E-state index contributed by atoms with van der Waals surface area (Å²) in [5, 5.41) is 0. The van der Waals surface area contributed by atoms with E-state index in [4.69, 9.17) is 9.47 Å². The smallest absolute Gasteiger partial charge is 0.0947 e. The molecule has 2 atom stereocenters. The SMILES string of the molecule is CCOC1COCC1I. The molecule has 0 radical (unpaired) electrons. The summed E-state index contributed by atoms with van der Waals surface area (Å²) in [4.78, 5) is 0. The van der Waals surface area contributed by atoms with Crippen molar-refractivity contribution >= 4 is 22.6 Å². The summed E-state index contributed by atoms with van der Waals surface area (Å²) in [5.41, 5.74) is 0. The molecule has 0 aromatic heterocycles. The highest BCUT2D eigenvalue weighted by atomic mass is 127. The first-order valence-electron chi connectivity index (χ1n) is 3.18. The van der Waals surface area contributed by atoms with Crippen LogP contribution in [0.3, 0.4) is 0 Å². The summed E-state index contributed by atoms with van der Waals surface area (Å²) in [5.74, 6) is 0. The fourth-order valence-electron chi connectivity index (χ4n) is 0.875. The van der Waals surface area contributed by atoms with Crippen LogP contribution in [0.2, 0.25) is 0 Å². The molecule has 0 bridgehead atoms. The number of hydrogen-bond donors (Lipinski definition) is 0. The maximum Gasteiger partial charge on any atom is 0.0947 e. The van der Waals surface area contributed by atoms with Gasteiger partial charge in [-0.05, 0) is 6.92 Å². The lowest BCUT2D eigenvalue weighted by Gasteiger charge is -2.10. The Labute approximate surface area is 69.0 Å². The van der Waals surface area contributed by atoms with E-state index >= 15 is 0 Å². The normalized spacial score (nSPS) is 35.3. The van der Waals surface area contributed by atoms with E-state index < -0.39 is 0 Å². The fourth-order valence-corrected chi connectivity index (χ4v) is 1.54. The average Bonchev–Trinajstić information content (AvgIpc) is 2.18. The molecule has 0 amide bonds. The van der Waals surface area contributed by atoms with Crippen molar-refractivity contribution in [1.29, 1.82) is 0 Å². The molecule has 2 nitrogen and oxygen atoms in total. The Balaban J connectivity index is 2.22. The van der Waals surface area contributed by atoms with Crippen molar-refractivity contribution in [2.24, 2.45) is 0 Å². The number of alkyl halides is 1. The molecule has 1 saturated heterocycles. The third kappa shape index (κ3) is 2.05. The lowest BCUT2D eigenvalue weighted by Crippen LogP contribution is -2.21. The van der Waals surface area contributed by atoms with Crippen LogP contribution < -0.4 is 0 Å². The quantitative estimate of drug-likeness (QED) is 0.535. The monoisotopic (exact) mass is 242 g/mol. The van der Waals surface area contributed by atoms with Crippen LogP contribution in [-0.2, 0) is 9.47 Å². The van der Waals surface area contributed by atoms with Gasteiger partial charge in [0.25, 0.3) is 0 Å². The summed E-state index contributed by atoms with van der Waals surface area (Å²) in [6.45, 7) is 4.45. The molecule has 1 fully saturated rings. The highest BCUT2D eigenvalue weighted by Gasteiger charge is 2.25. The number of ether oxygens (including phenoxy) is 2. The highest BCUT2D eigenvalue weighted by Crippen LogP contribution is 2.17. The van der Waals surface area contributed by atoms with E-state index in [1.807, 2.05) is 6.92 Å². The van der Waals surface area contributed by atoms with Gasteiger partial charge in [0.05, 0.1) is 23.2 Å². The van der Waals surface area contributed by atoms with E-state index in [0.717, 1.165) is 19.8 Å². The van der Waals surface area contributed by atoms with Crippen molar-refractivity contribution in [3.63, 3.8) is 0 Å². The highest BCUT2D eigenvalue weighted by molar-refractivity contribution is 14.1. The van der Waals surface area contributed by atoms with Crippen molar-refractivity contribution < 1.29 is 9.47 Å². The minimum absolute atomic E-state index is 0.343. The van der Waals surface area contributed by atoms with Crippen LogP contribution in [0.4, 0.5) is 0 Å². The summed E-state index contributed by atoms with van der Waals surface area (Å²) >= 11 is 2.37. The molecule has 0 spiro atoms. The van der Waals surface area contributed by atoms with E-state index in [-0.39, 0.29) is 0 Å². The van der Waals surface area contributed by atoms with Crippen LogP contribution in [0.5, 0.6) is 0 Å². The zero-order chi connectivity index (χ0) is 6.69. The van der Waals surface area contributed by atoms with E-state index in [1.165, 1.54) is 0 Å². The largest absolute Gasteiger partial charge is 0.378 e. The first kappa shape index (κ1) is 7.75. The summed E-state index contributed by atoms with van der Waals surface area (Å²) in [6, 6.07) is 0. The first-order valence-corrected chi connectivity index (χ1v) is 4.42. The molecule has 3 heteroatoms. The zero-order valence-corrected chi connectivity index (χ0v) is 7.63. The Morgan fingerprint density at radius 1 is 1.67 bits per heavy atom. The molecule has 0 aromatic rings. The Hall–Kier alpha value is 0.650. The maximum absolute atomic E-state index is 5.38. The van der Waals surface area contributed by atoms with Crippen LogP contribution in [0, 0.1) is 0 Å². The molecule has 1 aliphatic rings. The summed E-state index contributed by atoms with van der Waals surface area (Å²) in [6.07, 6.45) is 0.343. The molecule has 1 aliphatic heterocycles. The van der Waals surface area contributed by atoms with E-state index in [1.54, 1.807) is 0 Å². The first-order chi connectivity index (χ1) is 4.34.